The van der Waals surface area contributed by atoms with Crippen molar-refractivity contribution in [2.24, 2.45) is 0 Å². The van der Waals surface area contributed by atoms with Gasteiger partial charge in [-0.1, -0.05) is 13.8 Å². The Morgan fingerprint density at radius 3 is 2.14 bits per heavy atom. The largest absolute Gasteiger partial charge is 0.292 e. The summed E-state index contributed by atoms with van der Waals surface area (Å²) < 4.78 is 89.8. The number of anilines is 1. The lowest BCUT2D eigenvalue weighted by atomic mass is 10.3. The lowest BCUT2D eigenvalue weighted by Gasteiger charge is -2.18. The summed E-state index contributed by atoms with van der Waals surface area (Å²) in [6.07, 6.45) is 1.02. The number of pyridine rings is 1. The molecule has 2 aromatic rings. The molecule has 0 amide bonds. The second-order valence-corrected chi connectivity index (χ2v) is 8.96. The van der Waals surface area contributed by atoms with Crippen LogP contribution in [0, 0.1) is 17.5 Å². The molecule has 0 saturated heterocycles. The van der Waals surface area contributed by atoms with E-state index in [1.807, 2.05) is 0 Å². The normalized spacial score (nSPS) is 12.4. The average Bonchev–Trinajstić information content (AvgIpc) is 2.65. The highest BCUT2D eigenvalue weighted by Crippen LogP contribution is 2.20. The average molecular weight is 438 g/mol. The number of nitrogens with zero attached hydrogens (tertiary/aromatic N) is 2. The lowest BCUT2D eigenvalue weighted by molar-refractivity contribution is 0.432. The van der Waals surface area contributed by atoms with Crippen LogP contribution in [0.15, 0.2) is 40.3 Å². The van der Waals surface area contributed by atoms with Crippen LogP contribution in [0.1, 0.15) is 13.8 Å². The van der Waals surface area contributed by atoms with Crippen molar-refractivity contribution in [1.82, 2.24) is 14.1 Å². The lowest BCUT2D eigenvalue weighted by Crippen LogP contribution is -2.32. The van der Waals surface area contributed by atoms with Crippen molar-refractivity contribution in [1.29, 1.82) is 0 Å². The Hall–Kier alpha value is -2.22. The van der Waals surface area contributed by atoms with E-state index in [0.29, 0.717) is 12.1 Å². The van der Waals surface area contributed by atoms with Gasteiger partial charge in [-0.25, -0.2) is 35.0 Å². The molecule has 1 heterocycles. The summed E-state index contributed by atoms with van der Waals surface area (Å²) in [7, 11) is -8.34. The summed E-state index contributed by atoms with van der Waals surface area (Å²) in [6.45, 7) is 3.88. The van der Waals surface area contributed by atoms with E-state index in [2.05, 4.69) is 10.4 Å². The molecule has 0 bridgehead atoms. The van der Waals surface area contributed by atoms with Crippen LogP contribution >= 0.6 is 0 Å². The molecule has 0 aliphatic carbocycles. The summed E-state index contributed by atoms with van der Waals surface area (Å²) in [4.78, 5) is 4.32. The van der Waals surface area contributed by atoms with Gasteiger partial charge in [0.15, 0.2) is 17.5 Å². The predicted octanol–water partition coefficient (Wildman–Crippen LogP) is 1.83. The second kappa shape index (κ2) is 8.43. The van der Waals surface area contributed by atoms with Crippen LogP contribution in [0.3, 0.4) is 0 Å². The number of rotatable bonds is 8. The molecule has 0 unspecified atom stereocenters. The number of hydrazine groups is 1. The Morgan fingerprint density at radius 2 is 1.61 bits per heavy atom. The third kappa shape index (κ3) is 4.43. The number of nitrogens with one attached hydrogen (secondary N) is 2. The molecule has 13 heteroatoms. The molecule has 0 aliphatic heterocycles. The monoisotopic (exact) mass is 438 g/mol. The fourth-order valence-corrected chi connectivity index (χ4v) is 4.54. The van der Waals surface area contributed by atoms with Gasteiger partial charge in [-0.05, 0) is 24.3 Å². The Labute approximate surface area is 160 Å². The van der Waals surface area contributed by atoms with Crippen LogP contribution in [-0.4, -0.2) is 39.2 Å². The molecule has 1 aromatic carbocycles. The summed E-state index contributed by atoms with van der Waals surface area (Å²) in [5.74, 6) is -5.43. The third-order valence-electron chi connectivity index (χ3n) is 3.68. The molecule has 0 aliphatic rings. The Balaban J connectivity index is 2.19. The maximum atomic E-state index is 13.7. The number of hydrogen-bond donors (Lipinski definition) is 2. The quantitative estimate of drug-likeness (QED) is 0.481. The van der Waals surface area contributed by atoms with Gasteiger partial charge in [0.2, 0.25) is 10.0 Å². The van der Waals surface area contributed by atoms with Crippen LogP contribution in [0.25, 0.3) is 0 Å². The zero-order chi connectivity index (χ0) is 21.1. The summed E-state index contributed by atoms with van der Waals surface area (Å²) in [5, 5.41) is 0. The van der Waals surface area contributed by atoms with Crippen molar-refractivity contribution < 1.29 is 30.0 Å². The summed E-state index contributed by atoms with van der Waals surface area (Å²) in [5.41, 5.74) is 2.14. The van der Waals surface area contributed by atoms with Crippen molar-refractivity contribution in [3.63, 3.8) is 0 Å². The highest BCUT2D eigenvalue weighted by atomic mass is 32.2. The molecule has 0 fully saturated rings. The minimum Gasteiger partial charge on any atom is -0.292 e. The van der Waals surface area contributed by atoms with Gasteiger partial charge < -0.3 is 0 Å². The molecular weight excluding hydrogens is 421 g/mol. The third-order valence-corrected chi connectivity index (χ3v) is 6.98. The van der Waals surface area contributed by atoms with Crippen LogP contribution in [0.5, 0.6) is 0 Å². The van der Waals surface area contributed by atoms with Gasteiger partial charge in [-0.3, -0.25) is 5.43 Å². The van der Waals surface area contributed by atoms with E-state index in [9.17, 15) is 30.0 Å². The molecule has 0 spiro atoms. The van der Waals surface area contributed by atoms with Crippen LogP contribution in [-0.2, 0) is 20.0 Å². The summed E-state index contributed by atoms with van der Waals surface area (Å²) >= 11 is 0. The standard InChI is InChI=1S/C15H17F3N4O4S2/c1-3-22(4-2)28(25,26)10-5-8-13(19-9-10)20-21-27(23,24)12-7-6-11(16)14(17)15(12)18/h5-9,21H,3-4H2,1-2H3,(H,19,20). The molecule has 154 valence electrons. The fraction of sp³-hybridized carbons (Fsp3) is 0.267. The topological polar surface area (TPSA) is 108 Å². The van der Waals surface area contributed by atoms with Gasteiger partial charge in [0.1, 0.15) is 15.6 Å². The van der Waals surface area contributed by atoms with E-state index >= 15 is 0 Å². The highest BCUT2D eigenvalue weighted by Gasteiger charge is 2.25. The zero-order valence-corrected chi connectivity index (χ0v) is 16.4. The van der Waals surface area contributed by atoms with E-state index in [0.717, 1.165) is 6.20 Å². The highest BCUT2D eigenvalue weighted by molar-refractivity contribution is 7.89. The first kappa shape index (κ1) is 22.1. The number of hydrogen-bond acceptors (Lipinski definition) is 6. The minimum atomic E-state index is -4.60. The molecule has 2 rings (SSSR count). The predicted molar refractivity (Wildman–Crippen MR) is 94.6 cm³/mol. The van der Waals surface area contributed by atoms with E-state index in [4.69, 9.17) is 0 Å². The van der Waals surface area contributed by atoms with Crippen molar-refractivity contribution in [3.8, 4) is 0 Å². The molecule has 28 heavy (non-hydrogen) atoms. The Morgan fingerprint density at radius 1 is 0.964 bits per heavy atom. The van der Waals surface area contributed by atoms with Gasteiger partial charge in [-0.2, -0.15) is 4.31 Å². The smallest absolute Gasteiger partial charge is 0.260 e. The van der Waals surface area contributed by atoms with Gasteiger partial charge in [0, 0.05) is 19.3 Å². The molecule has 8 nitrogen and oxygen atoms in total. The SMILES string of the molecule is CCN(CC)S(=O)(=O)c1ccc(NNS(=O)(=O)c2ccc(F)c(F)c2F)nc1. The number of halogens is 3. The van der Waals surface area contributed by atoms with E-state index in [1.54, 1.807) is 18.7 Å². The van der Waals surface area contributed by atoms with Crippen molar-refractivity contribution in [2.45, 2.75) is 23.6 Å². The van der Waals surface area contributed by atoms with Crippen LogP contribution in [0.2, 0.25) is 0 Å². The number of sulfonamides is 2. The molecular formula is C15H17F3N4O4S2. The Bertz CT molecular complexity index is 1060. The van der Waals surface area contributed by atoms with E-state index in [1.165, 1.54) is 16.4 Å². The molecule has 0 atom stereocenters. The fourth-order valence-electron chi connectivity index (χ4n) is 2.21. The van der Waals surface area contributed by atoms with E-state index in [-0.39, 0.29) is 23.8 Å². The minimum absolute atomic E-state index is 0.101. The van der Waals surface area contributed by atoms with Gasteiger partial charge in [-0.15, -0.1) is 4.83 Å². The summed E-state index contributed by atoms with van der Waals surface area (Å²) in [6, 6.07) is 3.42. The zero-order valence-electron chi connectivity index (χ0n) is 14.8. The van der Waals surface area contributed by atoms with Gasteiger partial charge >= 0.3 is 0 Å². The van der Waals surface area contributed by atoms with Crippen molar-refractivity contribution in [3.05, 3.63) is 47.9 Å². The maximum Gasteiger partial charge on any atom is 0.260 e. The van der Waals surface area contributed by atoms with E-state index < -0.39 is 42.4 Å². The first-order chi connectivity index (χ1) is 13.0. The van der Waals surface area contributed by atoms with Gasteiger partial charge in [0.25, 0.3) is 10.0 Å². The van der Waals surface area contributed by atoms with Crippen molar-refractivity contribution >= 4 is 25.9 Å². The molecule has 0 radical (unpaired) electrons. The molecule has 1 aromatic heterocycles. The van der Waals surface area contributed by atoms with Crippen LogP contribution in [0.4, 0.5) is 19.0 Å². The first-order valence-electron chi connectivity index (χ1n) is 7.92. The van der Waals surface area contributed by atoms with Gasteiger partial charge in [0.05, 0.1) is 0 Å². The maximum absolute atomic E-state index is 13.7. The molecule has 2 N–H and O–H groups in total. The Kier molecular flexibility index (Phi) is 6.64. The number of benzene rings is 1. The second-order valence-electron chi connectivity index (χ2n) is 5.37. The van der Waals surface area contributed by atoms with Crippen LogP contribution < -0.4 is 10.3 Å². The molecule has 0 saturated carbocycles. The number of aromatic nitrogens is 1. The first-order valence-corrected chi connectivity index (χ1v) is 10.8. The van der Waals surface area contributed by atoms with Crippen molar-refractivity contribution in [2.75, 3.05) is 18.5 Å².